The van der Waals surface area contributed by atoms with Crippen molar-refractivity contribution in [2.24, 2.45) is 0 Å². The van der Waals surface area contributed by atoms with Gasteiger partial charge >= 0.3 is 0 Å². The van der Waals surface area contributed by atoms with Crippen molar-refractivity contribution in [1.82, 2.24) is 4.31 Å². The Labute approximate surface area is 122 Å². The molecule has 1 fully saturated rings. The first kappa shape index (κ1) is 15.0. The molecule has 0 aliphatic carbocycles. The molecule has 0 bridgehead atoms. The molecule has 0 atom stereocenters. The fourth-order valence-corrected chi connectivity index (χ4v) is 3.96. The van der Waals surface area contributed by atoms with Crippen LogP contribution in [0.2, 0.25) is 0 Å². The summed E-state index contributed by atoms with van der Waals surface area (Å²) < 4.78 is 32.8. The molecule has 4 nitrogen and oxygen atoms in total. The normalized spacial score (nSPS) is 18.6. The summed E-state index contributed by atoms with van der Waals surface area (Å²) in [6.07, 6.45) is 1.73. The molecule has 0 amide bonds. The zero-order chi connectivity index (χ0) is 13.9. The number of hydrogen-bond donors (Lipinski definition) is 0. The summed E-state index contributed by atoms with van der Waals surface area (Å²) in [5, 5.41) is 0. The number of benzene rings is 1. The smallest absolute Gasteiger partial charge is 0.243 e. The van der Waals surface area contributed by atoms with E-state index < -0.39 is 10.0 Å². The van der Waals surface area contributed by atoms with Crippen LogP contribution in [0.4, 0.5) is 0 Å². The molecule has 19 heavy (non-hydrogen) atoms. The van der Waals surface area contributed by atoms with Gasteiger partial charge in [0.15, 0.2) is 0 Å². The molecule has 1 aromatic carbocycles. The maximum atomic E-state index is 12.4. The Balaban J connectivity index is 2.07. The topological polar surface area (TPSA) is 46.6 Å². The molecule has 1 saturated heterocycles. The lowest BCUT2D eigenvalue weighted by Crippen LogP contribution is -2.40. The number of halogens is 1. The minimum Gasteiger partial charge on any atom is -0.378 e. The molecule has 1 heterocycles. The summed E-state index contributed by atoms with van der Waals surface area (Å²) in [4.78, 5) is 0.352. The second-order valence-corrected chi connectivity index (χ2v) is 7.37. The van der Waals surface area contributed by atoms with Gasteiger partial charge in [0.05, 0.1) is 11.0 Å². The molecule has 0 aromatic heterocycles. The second-order valence-electron chi connectivity index (χ2n) is 4.51. The van der Waals surface area contributed by atoms with E-state index >= 15 is 0 Å². The lowest BCUT2D eigenvalue weighted by atomic mass is 10.1. The number of ether oxygens (including phenoxy) is 1. The van der Waals surface area contributed by atoms with E-state index in [0.717, 1.165) is 17.3 Å². The molecule has 106 valence electrons. The number of sulfonamides is 1. The minimum atomic E-state index is -3.36. The summed E-state index contributed by atoms with van der Waals surface area (Å²) in [6, 6.07) is 6.77. The van der Waals surface area contributed by atoms with E-state index in [1.807, 2.05) is 6.92 Å². The highest BCUT2D eigenvalue weighted by Crippen LogP contribution is 2.23. The summed E-state index contributed by atoms with van der Waals surface area (Å²) in [7, 11) is -3.36. The van der Waals surface area contributed by atoms with Gasteiger partial charge in [-0.05, 0) is 44.0 Å². The Morgan fingerprint density at radius 1 is 1.26 bits per heavy atom. The fraction of sp³-hybridized carbons (Fsp3) is 0.538. The largest absolute Gasteiger partial charge is 0.378 e. The number of rotatable bonds is 4. The van der Waals surface area contributed by atoms with Gasteiger partial charge in [-0.15, -0.1) is 0 Å². The molecule has 0 radical (unpaired) electrons. The SMILES string of the molecule is CCOC1CCN(S(=O)(=O)c2ccc(Br)cc2)CC1. The summed E-state index contributed by atoms with van der Waals surface area (Å²) in [5.41, 5.74) is 0. The predicted octanol–water partition coefficient (Wildman–Crippen LogP) is 2.64. The van der Waals surface area contributed by atoms with Crippen molar-refractivity contribution in [3.63, 3.8) is 0 Å². The van der Waals surface area contributed by atoms with Crippen molar-refractivity contribution >= 4 is 26.0 Å². The molecule has 0 spiro atoms. The number of piperidine rings is 1. The van der Waals surface area contributed by atoms with Gasteiger partial charge in [-0.1, -0.05) is 15.9 Å². The third-order valence-electron chi connectivity index (χ3n) is 3.25. The van der Waals surface area contributed by atoms with E-state index in [1.165, 1.54) is 0 Å². The molecule has 1 aliphatic heterocycles. The molecule has 0 N–H and O–H groups in total. The van der Waals surface area contributed by atoms with Crippen LogP contribution in [0.25, 0.3) is 0 Å². The van der Waals surface area contributed by atoms with E-state index in [-0.39, 0.29) is 6.10 Å². The van der Waals surface area contributed by atoms with Crippen LogP contribution < -0.4 is 0 Å². The van der Waals surface area contributed by atoms with Gasteiger partial charge < -0.3 is 4.74 Å². The average molecular weight is 348 g/mol. The Kier molecular flexibility index (Phi) is 5.00. The molecule has 1 aromatic rings. The van der Waals surface area contributed by atoms with E-state index in [2.05, 4.69) is 15.9 Å². The first-order chi connectivity index (χ1) is 9.04. The summed E-state index contributed by atoms with van der Waals surface area (Å²) in [6.45, 7) is 3.71. The molecular weight excluding hydrogens is 330 g/mol. The Morgan fingerprint density at radius 3 is 2.37 bits per heavy atom. The van der Waals surface area contributed by atoms with E-state index in [9.17, 15) is 8.42 Å². The van der Waals surface area contributed by atoms with Crippen LogP contribution >= 0.6 is 15.9 Å². The first-order valence-corrected chi connectivity index (χ1v) is 8.64. The van der Waals surface area contributed by atoms with Crippen LogP contribution in [-0.2, 0) is 14.8 Å². The fourth-order valence-electron chi connectivity index (χ4n) is 2.23. The molecule has 6 heteroatoms. The predicted molar refractivity (Wildman–Crippen MR) is 77.5 cm³/mol. The first-order valence-electron chi connectivity index (χ1n) is 6.41. The molecule has 2 rings (SSSR count). The lowest BCUT2D eigenvalue weighted by Gasteiger charge is -2.30. The van der Waals surface area contributed by atoms with Gasteiger partial charge in [0.1, 0.15) is 0 Å². The van der Waals surface area contributed by atoms with Gasteiger partial charge in [-0.25, -0.2) is 8.42 Å². The molecular formula is C13H18BrNO3S. The quantitative estimate of drug-likeness (QED) is 0.840. The Bertz CT molecular complexity index is 507. The zero-order valence-corrected chi connectivity index (χ0v) is 13.3. The van der Waals surface area contributed by atoms with Crippen LogP contribution in [0.5, 0.6) is 0 Å². The van der Waals surface area contributed by atoms with Crippen molar-refractivity contribution in [2.75, 3.05) is 19.7 Å². The van der Waals surface area contributed by atoms with E-state index in [4.69, 9.17) is 4.74 Å². The monoisotopic (exact) mass is 347 g/mol. The maximum Gasteiger partial charge on any atom is 0.243 e. The van der Waals surface area contributed by atoms with Gasteiger partial charge in [-0.3, -0.25) is 0 Å². The summed E-state index contributed by atoms with van der Waals surface area (Å²) in [5.74, 6) is 0. The highest BCUT2D eigenvalue weighted by Gasteiger charge is 2.29. The van der Waals surface area contributed by atoms with E-state index in [1.54, 1.807) is 28.6 Å². The maximum absolute atomic E-state index is 12.4. The highest BCUT2D eigenvalue weighted by atomic mass is 79.9. The number of hydrogen-bond acceptors (Lipinski definition) is 3. The average Bonchev–Trinajstić information content (AvgIpc) is 2.40. The van der Waals surface area contributed by atoms with Crippen molar-refractivity contribution in [3.8, 4) is 0 Å². The van der Waals surface area contributed by atoms with Crippen molar-refractivity contribution in [3.05, 3.63) is 28.7 Å². The third kappa shape index (κ3) is 3.56. The van der Waals surface area contributed by atoms with Crippen LogP contribution in [0.15, 0.2) is 33.6 Å². The zero-order valence-electron chi connectivity index (χ0n) is 10.9. The number of nitrogens with zero attached hydrogens (tertiary/aromatic N) is 1. The molecule has 1 aliphatic rings. The van der Waals surface area contributed by atoms with Crippen LogP contribution in [0, 0.1) is 0 Å². The Morgan fingerprint density at radius 2 is 1.84 bits per heavy atom. The third-order valence-corrected chi connectivity index (χ3v) is 5.70. The summed E-state index contributed by atoms with van der Waals surface area (Å²) >= 11 is 3.31. The minimum absolute atomic E-state index is 0.196. The van der Waals surface area contributed by atoms with Crippen molar-refractivity contribution in [2.45, 2.75) is 30.8 Å². The lowest BCUT2D eigenvalue weighted by molar-refractivity contribution is 0.0290. The van der Waals surface area contributed by atoms with Crippen LogP contribution in [-0.4, -0.2) is 38.5 Å². The molecule has 0 saturated carbocycles. The van der Waals surface area contributed by atoms with Gasteiger partial charge in [0, 0.05) is 24.2 Å². The van der Waals surface area contributed by atoms with Gasteiger partial charge in [0.2, 0.25) is 10.0 Å². The van der Waals surface area contributed by atoms with Gasteiger partial charge in [-0.2, -0.15) is 4.31 Å². The van der Waals surface area contributed by atoms with Gasteiger partial charge in [0.25, 0.3) is 0 Å². The Hall–Kier alpha value is -0.430. The van der Waals surface area contributed by atoms with E-state index in [0.29, 0.717) is 24.6 Å². The van der Waals surface area contributed by atoms with Crippen molar-refractivity contribution in [1.29, 1.82) is 0 Å². The standard InChI is InChI=1S/C13H18BrNO3S/c1-2-18-12-7-9-15(10-8-12)19(16,17)13-5-3-11(14)4-6-13/h3-6,12H,2,7-10H2,1H3. The van der Waals surface area contributed by atoms with Crippen LogP contribution in [0.1, 0.15) is 19.8 Å². The molecule has 0 unspecified atom stereocenters. The highest BCUT2D eigenvalue weighted by molar-refractivity contribution is 9.10. The van der Waals surface area contributed by atoms with Crippen molar-refractivity contribution < 1.29 is 13.2 Å². The van der Waals surface area contributed by atoms with Crippen LogP contribution in [0.3, 0.4) is 0 Å². The second kappa shape index (κ2) is 6.35.